The number of aliphatic carboxylic acids is 2. The SMILES string of the molecule is NC(N)=NCCCC(NC(=O)C(Cc1cnc[nH]1)NC(=O)C(CC(=O)O)NC(=O)C(N)Cc1ccc(O)cc1)C(=O)O. The summed E-state index contributed by atoms with van der Waals surface area (Å²) in [6.07, 6.45) is 1.95. The number of H-pyrrole nitrogens is 1. The summed E-state index contributed by atoms with van der Waals surface area (Å²) in [6.45, 7) is 0.127. The fourth-order valence-corrected chi connectivity index (χ4v) is 3.77. The van der Waals surface area contributed by atoms with E-state index < -0.39 is 60.2 Å². The zero-order valence-corrected chi connectivity index (χ0v) is 22.5. The monoisotopic (exact) mass is 589 g/mol. The fraction of sp³-hybridized carbons (Fsp3) is 0.400. The number of phenols is 1. The van der Waals surface area contributed by atoms with Gasteiger partial charge in [0.05, 0.1) is 18.8 Å². The molecule has 2 aromatic rings. The maximum atomic E-state index is 13.2. The minimum Gasteiger partial charge on any atom is -0.508 e. The van der Waals surface area contributed by atoms with Crippen molar-refractivity contribution in [1.29, 1.82) is 0 Å². The topological polar surface area (TPSA) is 301 Å². The van der Waals surface area contributed by atoms with Crippen LogP contribution >= 0.6 is 0 Å². The van der Waals surface area contributed by atoms with Crippen LogP contribution in [0, 0.1) is 0 Å². The average molecular weight is 590 g/mol. The molecular weight excluding hydrogens is 554 g/mol. The predicted molar refractivity (Wildman–Crippen MR) is 148 cm³/mol. The number of hydrogen-bond donors (Lipinski definition) is 10. The Labute approximate surface area is 240 Å². The number of hydrogen-bond acceptors (Lipinski definition) is 9. The molecule has 4 atom stereocenters. The molecule has 1 aromatic heterocycles. The second-order valence-corrected chi connectivity index (χ2v) is 9.33. The van der Waals surface area contributed by atoms with Gasteiger partial charge in [-0.1, -0.05) is 12.1 Å². The van der Waals surface area contributed by atoms with Crippen LogP contribution in [0.15, 0.2) is 41.8 Å². The van der Waals surface area contributed by atoms with Gasteiger partial charge in [-0.2, -0.15) is 0 Å². The Morgan fingerprint density at radius 1 is 0.905 bits per heavy atom. The van der Waals surface area contributed by atoms with Crippen LogP contribution in [0.5, 0.6) is 5.75 Å². The summed E-state index contributed by atoms with van der Waals surface area (Å²) in [5.74, 6) is -5.62. The number of carboxylic acid groups (broad SMARTS) is 2. The highest BCUT2D eigenvalue weighted by molar-refractivity contribution is 5.95. The van der Waals surface area contributed by atoms with Gasteiger partial charge in [-0.15, -0.1) is 0 Å². The normalized spacial score (nSPS) is 13.5. The summed E-state index contributed by atoms with van der Waals surface area (Å²) < 4.78 is 0. The number of aromatic hydroxyl groups is 1. The molecule has 0 radical (unpaired) electrons. The zero-order chi connectivity index (χ0) is 31.2. The van der Waals surface area contributed by atoms with Crippen molar-refractivity contribution in [2.24, 2.45) is 22.2 Å². The molecule has 4 unspecified atom stereocenters. The molecule has 1 heterocycles. The highest BCUT2D eigenvalue weighted by Crippen LogP contribution is 2.11. The van der Waals surface area contributed by atoms with Gasteiger partial charge >= 0.3 is 11.9 Å². The third-order valence-corrected chi connectivity index (χ3v) is 5.91. The van der Waals surface area contributed by atoms with E-state index in [0.29, 0.717) is 11.3 Å². The van der Waals surface area contributed by atoms with Gasteiger partial charge in [0.25, 0.3) is 0 Å². The molecule has 2 rings (SSSR count). The van der Waals surface area contributed by atoms with Gasteiger partial charge in [-0.3, -0.25) is 24.2 Å². The van der Waals surface area contributed by atoms with E-state index in [1.54, 1.807) is 12.1 Å². The Bertz CT molecular complexity index is 1250. The summed E-state index contributed by atoms with van der Waals surface area (Å²) in [4.78, 5) is 72.6. The Kier molecular flexibility index (Phi) is 12.7. The van der Waals surface area contributed by atoms with E-state index in [1.165, 1.54) is 24.7 Å². The molecule has 0 aliphatic heterocycles. The fourth-order valence-electron chi connectivity index (χ4n) is 3.77. The van der Waals surface area contributed by atoms with E-state index in [1.807, 2.05) is 0 Å². The number of benzene rings is 1. The van der Waals surface area contributed by atoms with E-state index >= 15 is 0 Å². The van der Waals surface area contributed by atoms with Crippen molar-refractivity contribution in [3.8, 4) is 5.75 Å². The number of imidazole rings is 1. The first kappa shape index (κ1) is 33.0. The lowest BCUT2D eigenvalue weighted by Gasteiger charge is -2.24. The molecule has 42 heavy (non-hydrogen) atoms. The molecule has 1 aromatic carbocycles. The number of nitrogens with zero attached hydrogens (tertiary/aromatic N) is 2. The largest absolute Gasteiger partial charge is 0.508 e. The summed E-state index contributed by atoms with van der Waals surface area (Å²) in [7, 11) is 0. The molecule has 17 nitrogen and oxygen atoms in total. The number of carboxylic acids is 2. The van der Waals surface area contributed by atoms with Crippen LogP contribution in [0.25, 0.3) is 0 Å². The van der Waals surface area contributed by atoms with Crippen molar-refractivity contribution in [2.75, 3.05) is 6.54 Å². The summed E-state index contributed by atoms with van der Waals surface area (Å²) in [5.41, 5.74) is 17.5. The third kappa shape index (κ3) is 11.5. The zero-order valence-electron chi connectivity index (χ0n) is 22.5. The lowest BCUT2D eigenvalue weighted by molar-refractivity contribution is -0.143. The van der Waals surface area contributed by atoms with E-state index in [2.05, 4.69) is 30.9 Å². The van der Waals surface area contributed by atoms with Crippen LogP contribution in [0.1, 0.15) is 30.5 Å². The van der Waals surface area contributed by atoms with Crippen LogP contribution in [-0.4, -0.2) is 91.6 Å². The van der Waals surface area contributed by atoms with Gasteiger partial charge in [0.1, 0.15) is 23.9 Å². The molecule has 3 amide bonds. The van der Waals surface area contributed by atoms with E-state index in [9.17, 15) is 39.3 Å². The smallest absolute Gasteiger partial charge is 0.326 e. The van der Waals surface area contributed by atoms with Crippen LogP contribution in [0.3, 0.4) is 0 Å². The van der Waals surface area contributed by atoms with Crippen LogP contribution in [-0.2, 0) is 36.8 Å². The molecule has 228 valence electrons. The number of carbonyl (C=O) groups is 5. The van der Waals surface area contributed by atoms with Gasteiger partial charge in [0.2, 0.25) is 17.7 Å². The third-order valence-electron chi connectivity index (χ3n) is 5.91. The molecule has 0 saturated heterocycles. The molecule has 13 N–H and O–H groups in total. The number of nitrogens with two attached hydrogens (primary N) is 3. The van der Waals surface area contributed by atoms with Crippen LogP contribution in [0.2, 0.25) is 0 Å². The molecular formula is C25H35N9O8. The number of guanidine groups is 1. The molecule has 17 heteroatoms. The lowest BCUT2D eigenvalue weighted by Crippen LogP contribution is -2.58. The number of rotatable bonds is 17. The number of carbonyl (C=O) groups excluding carboxylic acids is 3. The Morgan fingerprint density at radius 2 is 1.52 bits per heavy atom. The van der Waals surface area contributed by atoms with Crippen molar-refractivity contribution in [3.05, 3.63) is 48.0 Å². The number of aliphatic imine (C=N–C) groups is 1. The maximum absolute atomic E-state index is 13.2. The quantitative estimate of drug-likeness (QED) is 0.0512. The van der Waals surface area contributed by atoms with Gasteiger partial charge in [0, 0.05) is 24.9 Å². The van der Waals surface area contributed by atoms with Gasteiger partial charge in [-0.25, -0.2) is 9.78 Å². The number of nitrogens with one attached hydrogen (secondary N) is 4. The summed E-state index contributed by atoms with van der Waals surface area (Å²) in [6, 6.07) is 0.402. The van der Waals surface area contributed by atoms with E-state index in [4.69, 9.17) is 17.2 Å². The number of aromatic amines is 1. The molecule has 0 aliphatic carbocycles. The van der Waals surface area contributed by atoms with E-state index in [0.717, 1.165) is 0 Å². The molecule has 0 bridgehead atoms. The first-order valence-electron chi connectivity index (χ1n) is 12.8. The minimum atomic E-state index is -1.62. The molecule has 0 spiro atoms. The van der Waals surface area contributed by atoms with Crippen molar-refractivity contribution < 1.29 is 39.3 Å². The average Bonchev–Trinajstić information content (AvgIpc) is 3.43. The highest BCUT2D eigenvalue weighted by atomic mass is 16.4. The molecule has 0 aliphatic rings. The minimum absolute atomic E-state index is 0.0179. The Balaban J connectivity index is 2.15. The molecule has 0 saturated carbocycles. The standard InChI is InChI=1S/C25H35N9O8/c26-16(8-13-3-5-15(35)6-4-13)21(38)33-19(10-20(36)37)23(40)34-18(9-14-11-29-12-31-14)22(39)32-17(24(41)42)2-1-7-30-25(27)28/h3-6,11-12,16-19,35H,1-2,7-10,26H2,(H,29,31)(H,32,39)(H,33,38)(H,34,40)(H,36,37)(H,41,42)(H4,27,28,30). The summed E-state index contributed by atoms with van der Waals surface area (Å²) in [5, 5.41) is 35.4. The maximum Gasteiger partial charge on any atom is 0.326 e. The Morgan fingerprint density at radius 3 is 2.10 bits per heavy atom. The van der Waals surface area contributed by atoms with Crippen molar-refractivity contribution in [3.63, 3.8) is 0 Å². The predicted octanol–water partition coefficient (Wildman–Crippen LogP) is -2.70. The van der Waals surface area contributed by atoms with E-state index in [-0.39, 0.29) is 43.9 Å². The van der Waals surface area contributed by atoms with Crippen molar-refractivity contribution in [2.45, 2.75) is 56.3 Å². The van der Waals surface area contributed by atoms with Gasteiger partial charge in [-0.05, 0) is 37.0 Å². The second kappa shape index (κ2) is 16.2. The Hall–Kier alpha value is -5.19. The first-order chi connectivity index (χ1) is 19.8. The summed E-state index contributed by atoms with van der Waals surface area (Å²) >= 11 is 0. The highest BCUT2D eigenvalue weighted by Gasteiger charge is 2.32. The molecule has 0 fully saturated rings. The number of aromatic nitrogens is 2. The lowest BCUT2D eigenvalue weighted by atomic mass is 10.0. The van der Waals surface area contributed by atoms with Crippen LogP contribution < -0.4 is 33.2 Å². The van der Waals surface area contributed by atoms with Crippen molar-refractivity contribution >= 4 is 35.6 Å². The van der Waals surface area contributed by atoms with Gasteiger partial charge in [0.15, 0.2) is 5.96 Å². The number of phenolic OH excluding ortho intramolecular Hbond substituents is 1. The second-order valence-electron chi connectivity index (χ2n) is 9.33. The van der Waals surface area contributed by atoms with Crippen LogP contribution in [0.4, 0.5) is 0 Å². The first-order valence-corrected chi connectivity index (χ1v) is 12.8. The van der Waals surface area contributed by atoms with Crippen molar-refractivity contribution in [1.82, 2.24) is 25.9 Å². The number of amides is 3. The van der Waals surface area contributed by atoms with Gasteiger partial charge < -0.3 is 53.5 Å².